The fraction of sp³-hybridized carbons (Fsp3) is 0.0714. The molecule has 0 unspecified atom stereocenters. The Hall–Kier alpha value is -2.78. The third kappa shape index (κ3) is 3.52. The number of benzene rings is 1. The second kappa shape index (κ2) is 6.15. The lowest BCUT2D eigenvalue weighted by atomic mass is 10.1. The minimum Gasteiger partial charge on any atom is -0.507 e. The average Bonchev–Trinajstić information content (AvgIpc) is 2.49. The summed E-state index contributed by atoms with van der Waals surface area (Å²) in [4.78, 5) is 3.66. The van der Waals surface area contributed by atoms with Gasteiger partial charge in [0.15, 0.2) is 0 Å². The number of aromatic nitrogens is 1. The van der Waals surface area contributed by atoms with Crippen molar-refractivity contribution in [3.63, 3.8) is 0 Å². The van der Waals surface area contributed by atoms with Gasteiger partial charge in [0.1, 0.15) is 23.7 Å². The molecule has 5 nitrogen and oxygen atoms in total. The largest absolute Gasteiger partial charge is 0.507 e. The summed E-state index contributed by atoms with van der Waals surface area (Å²) in [5, 5.41) is 30.1. The number of rotatable bonds is 2. The Morgan fingerprint density at radius 2 is 1.78 bits per heavy atom. The molecule has 0 saturated carbocycles. The van der Waals surface area contributed by atoms with Gasteiger partial charge in [-0.1, -0.05) is 0 Å². The molecule has 0 saturated heterocycles. The zero-order valence-corrected chi connectivity index (χ0v) is 12.7. The van der Waals surface area contributed by atoms with Gasteiger partial charge in [0.05, 0.1) is 26.9 Å². The number of aromatic hydroxyl groups is 1. The van der Waals surface area contributed by atoms with Crippen LogP contribution >= 0.6 is 15.9 Å². The van der Waals surface area contributed by atoms with Crippen LogP contribution in [0.5, 0.6) is 5.75 Å². The van der Waals surface area contributed by atoms with Crippen LogP contribution in [0.3, 0.4) is 0 Å². The molecule has 1 aromatic heterocycles. The molecule has 2 rings (SSSR count). The summed E-state index contributed by atoms with van der Waals surface area (Å²) < 4.78 is 37.8. The number of phenols is 1. The van der Waals surface area contributed by atoms with Gasteiger partial charge in [0, 0.05) is 12.3 Å². The number of phenolic OH excluding ortho intramolecular Hbond substituents is 1. The molecule has 0 atom stereocenters. The molecule has 0 aliphatic carbocycles. The van der Waals surface area contributed by atoms with Gasteiger partial charge in [0.2, 0.25) is 0 Å². The highest BCUT2D eigenvalue weighted by molar-refractivity contribution is 9.10. The maximum atomic E-state index is 12.6. The molecular formula is C14H6BrF3N4O. The van der Waals surface area contributed by atoms with E-state index in [0.29, 0.717) is 6.20 Å². The van der Waals surface area contributed by atoms with Crippen LogP contribution in [0, 0.1) is 22.7 Å². The van der Waals surface area contributed by atoms with Crippen molar-refractivity contribution < 1.29 is 18.3 Å². The van der Waals surface area contributed by atoms with E-state index in [4.69, 9.17) is 10.5 Å². The predicted molar refractivity (Wildman–Crippen MR) is 77.8 cm³/mol. The van der Waals surface area contributed by atoms with E-state index in [-0.39, 0.29) is 32.9 Å². The van der Waals surface area contributed by atoms with Crippen molar-refractivity contribution in [3.8, 4) is 17.9 Å². The van der Waals surface area contributed by atoms with Gasteiger partial charge >= 0.3 is 6.18 Å². The molecule has 9 heteroatoms. The van der Waals surface area contributed by atoms with Crippen molar-refractivity contribution in [2.75, 3.05) is 5.32 Å². The number of hydrogen-bond donors (Lipinski definition) is 2. The van der Waals surface area contributed by atoms with E-state index in [1.165, 1.54) is 6.07 Å². The minimum absolute atomic E-state index is 0.00935. The van der Waals surface area contributed by atoms with Crippen LogP contribution in [0.25, 0.3) is 0 Å². The first-order chi connectivity index (χ1) is 10.8. The number of halogens is 4. The van der Waals surface area contributed by atoms with Crippen molar-refractivity contribution in [1.82, 2.24) is 4.98 Å². The predicted octanol–water partition coefficient (Wildman–Crippen LogP) is 4.06. The molecule has 2 aromatic rings. The Morgan fingerprint density at radius 3 is 2.30 bits per heavy atom. The van der Waals surface area contributed by atoms with Crippen LogP contribution in [-0.4, -0.2) is 10.1 Å². The number of pyridine rings is 1. The van der Waals surface area contributed by atoms with Crippen LogP contribution in [0.15, 0.2) is 28.9 Å². The van der Waals surface area contributed by atoms with Gasteiger partial charge in [-0.15, -0.1) is 0 Å². The Labute approximate surface area is 136 Å². The molecule has 1 heterocycles. The smallest absolute Gasteiger partial charge is 0.417 e. The van der Waals surface area contributed by atoms with Gasteiger partial charge in [-0.3, -0.25) is 0 Å². The lowest BCUT2D eigenvalue weighted by Crippen LogP contribution is -2.07. The first kappa shape index (κ1) is 16.6. The summed E-state index contributed by atoms with van der Waals surface area (Å²) in [7, 11) is 0. The van der Waals surface area contributed by atoms with Crippen molar-refractivity contribution in [2.45, 2.75) is 6.18 Å². The molecular weight excluding hydrogens is 377 g/mol. The average molecular weight is 383 g/mol. The highest BCUT2D eigenvalue weighted by Crippen LogP contribution is 2.34. The molecule has 1 aromatic carbocycles. The lowest BCUT2D eigenvalue weighted by Gasteiger charge is -2.12. The van der Waals surface area contributed by atoms with E-state index in [9.17, 15) is 18.3 Å². The summed E-state index contributed by atoms with van der Waals surface area (Å²) in [6, 6.07) is 6.67. The fourth-order valence-corrected chi connectivity index (χ4v) is 2.13. The molecule has 0 bridgehead atoms. The summed E-state index contributed by atoms with van der Waals surface area (Å²) >= 11 is 2.97. The molecule has 0 aliphatic rings. The number of nitrogens with one attached hydrogen (secondary N) is 1. The topological polar surface area (TPSA) is 92.7 Å². The molecule has 23 heavy (non-hydrogen) atoms. The standard InChI is InChI=1S/C14H6BrF3N4O/c15-10-3-9(14(16,17)18)6-21-13(10)22-11-1-8(5-20)12(23)2-7(11)4-19/h1-3,6,23H,(H,21,22). The third-order valence-electron chi connectivity index (χ3n) is 2.80. The summed E-state index contributed by atoms with van der Waals surface area (Å²) in [5.74, 6) is -0.335. The Balaban J connectivity index is 2.44. The second-order valence-electron chi connectivity index (χ2n) is 4.32. The van der Waals surface area contributed by atoms with Gasteiger partial charge in [-0.2, -0.15) is 23.7 Å². The van der Waals surface area contributed by atoms with E-state index in [1.54, 1.807) is 6.07 Å². The molecule has 0 aliphatic heterocycles. The maximum absolute atomic E-state index is 12.6. The van der Waals surface area contributed by atoms with Crippen LogP contribution in [0.2, 0.25) is 0 Å². The first-order valence-electron chi connectivity index (χ1n) is 5.93. The molecule has 0 spiro atoms. The van der Waals surface area contributed by atoms with Crippen LogP contribution in [-0.2, 0) is 6.18 Å². The highest BCUT2D eigenvalue weighted by Gasteiger charge is 2.31. The number of nitrogens with zero attached hydrogens (tertiary/aromatic N) is 3. The molecule has 0 amide bonds. The van der Waals surface area contributed by atoms with E-state index < -0.39 is 11.7 Å². The van der Waals surface area contributed by atoms with Gasteiger partial charge in [0.25, 0.3) is 0 Å². The number of anilines is 2. The van der Waals surface area contributed by atoms with Crippen LogP contribution in [0.4, 0.5) is 24.7 Å². The normalized spacial score (nSPS) is 10.7. The molecule has 0 fully saturated rings. The zero-order valence-electron chi connectivity index (χ0n) is 11.1. The number of hydrogen-bond acceptors (Lipinski definition) is 5. The fourth-order valence-electron chi connectivity index (χ4n) is 1.69. The first-order valence-corrected chi connectivity index (χ1v) is 6.72. The van der Waals surface area contributed by atoms with Gasteiger partial charge in [-0.25, -0.2) is 4.98 Å². The van der Waals surface area contributed by atoms with E-state index >= 15 is 0 Å². The highest BCUT2D eigenvalue weighted by atomic mass is 79.9. The monoisotopic (exact) mass is 382 g/mol. The maximum Gasteiger partial charge on any atom is 0.417 e. The van der Waals surface area contributed by atoms with Crippen molar-refractivity contribution in [3.05, 3.63) is 45.6 Å². The Kier molecular flexibility index (Phi) is 4.43. The third-order valence-corrected chi connectivity index (χ3v) is 3.40. The lowest BCUT2D eigenvalue weighted by molar-refractivity contribution is -0.137. The summed E-state index contributed by atoms with van der Waals surface area (Å²) in [5.41, 5.74) is -0.877. The SMILES string of the molecule is N#Cc1cc(Nc2ncc(C(F)(F)F)cc2Br)c(C#N)cc1O. The van der Waals surface area contributed by atoms with Crippen molar-refractivity contribution >= 4 is 27.4 Å². The van der Waals surface area contributed by atoms with E-state index in [2.05, 4.69) is 26.2 Å². The van der Waals surface area contributed by atoms with Crippen LogP contribution < -0.4 is 5.32 Å². The van der Waals surface area contributed by atoms with Crippen LogP contribution in [0.1, 0.15) is 16.7 Å². The van der Waals surface area contributed by atoms with Crippen molar-refractivity contribution in [1.29, 1.82) is 10.5 Å². The zero-order chi connectivity index (χ0) is 17.2. The molecule has 2 N–H and O–H groups in total. The van der Waals surface area contributed by atoms with Gasteiger partial charge in [-0.05, 0) is 28.1 Å². The Morgan fingerprint density at radius 1 is 1.13 bits per heavy atom. The number of alkyl halides is 3. The minimum atomic E-state index is -4.53. The second-order valence-corrected chi connectivity index (χ2v) is 5.17. The summed E-state index contributed by atoms with van der Waals surface area (Å²) in [6.07, 6.45) is -3.89. The summed E-state index contributed by atoms with van der Waals surface area (Å²) in [6.45, 7) is 0. The van der Waals surface area contributed by atoms with Crippen molar-refractivity contribution in [2.24, 2.45) is 0 Å². The number of nitriles is 2. The Bertz CT molecular complexity index is 853. The molecule has 0 radical (unpaired) electrons. The van der Waals surface area contributed by atoms with Gasteiger partial charge < -0.3 is 10.4 Å². The van der Waals surface area contributed by atoms with E-state index in [0.717, 1.165) is 12.1 Å². The van der Waals surface area contributed by atoms with E-state index in [1.807, 2.05) is 6.07 Å². The quantitative estimate of drug-likeness (QED) is 0.764. The molecule has 116 valence electrons.